The molecule has 1 aliphatic heterocycles. The van der Waals surface area contributed by atoms with Crippen molar-refractivity contribution in [3.63, 3.8) is 0 Å². The van der Waals surface area contributed by atoms with Gasteiger partial charge in [0.1, 0.15) is 0 Å². The Morgan fingerprint density at radius 1 is 1.20 bits per heavy atom. The van der Waals surface area contributed by atoms with Gasteiger partial charge in [0.05, 0.1) is 5.56 Å². The van der Waals surface area contributed by atoms with Crippen molar-refractivity contribution in [2.45, 2.75) is 20.8 Å². The summed E-state index contributed by atoms with van der Waals surface area (Å²) in [4.78, 5) is 17.1. The summed E-state index contributed by atoms with van der Waals surface area (Å²) in [5.74, 6) is 0.153. The second-order valence-corrected chi connectivity index (χ2v) is 5.31. The predicted octanol–water partition coefficient (Wildman–Crippen LogP) is 2.20. The fourth-order valence-corrected chi connectivity index (χ4v) is 2.62. The van der Waals surface area contributed by atoms with Crippen molar-refractivity contribution < 1.29 is 4.79 Å². The molecule has 20 heavy (non-hydrogen) atoms. The highest BCUT2D eigenvalue weighted by atomic mass is 16.2. The molecule has 4 nitrogen and oxygen atoms in total. The van der Waals surface area contributed by atoms with E-state index in [1.54, 1.807) is 0 Å². The highest BCUT2D eigenvalue weighted by molar-refractivity contribution is 5.99. The van der Waals surface area contributed by atoms with Crippen LogP contribution in [0, 0.1) is 6.92 Å². The molecule has 2 rings (SSSR count). The number of hydrogen-bond acceptors (Lipinski definition) is 3. The monoisotopic (exact) mass is 275 g/mol. The molecule has 0 atom stereocenters. The average Bonchev–Trinajstić information content (AvgIpc) is 2.48. The molecule has 0 saturated carbocycles. The van der Waals surface area contributed by atoms with Crippen LogP contribution in [-0.4, -0.2) is 55.0 Å². The molecule has 4 heteroatoms. The zero-order valence-electron chi connectivity index (χ0n) is 12.8. The van der Waals surface area contributed by atoms with Crippen molar-refractivity contribution in [2.75, 3.05) is 44.6 Å². The van der Waals surface area contributed by atoms with Crippen LogP contribution in [0.25, 0.3) is 0 Å². The molecule has 0 radical (unpaired) electrons. The quantitative estimate of drug-likeness (QED) is 0.915. The van der Waals surface area contributed by atoms with Gasteiger partial charge in [-0.2, -0.15) is 0 Å². The molecule has 1 N–H and O–H groups in total. The van der Waals surface area contributed by atoms with Crippen molar-refractivity contribution in [2.24, 2.45) is 0 Å². The second kappa shape index (κ2) is 6.75. The molecule has 0 aromatic heterocycles. The maximum atomic E-state index is 12.7. The molecular formula is C16H25N3O. The summed E-state index contributed by atoms with van der Waals surface area (Å²) in [6.45, 7) is 11.7. The minimum Gasteiger partial charge on any atom is -0.385 e. The topological polar surface area (TPSA) is 35.6 Å². The number of aryl methyl sites for hydroxylation is 1. The number of piperazine rings is 1. The average molecular weight is 275 g/mol. The van der Waals surface area contributed by atoms with Gasteiger partial charge in [-0.3, -0.25) is 4.79 Å². The number of amides is 1. The van der Waals surface area contributed by atoms with Gasteiger partial charge in [0.2, 0.25) is 0 Å². The van der Waals surface area contributed by atoms with Crippen molar-refractivity contribution in [3.05, 3.63) is 29.3 Å². The first-order valence-electron chi connectivity index (χ1n) is 7.51. The molecular weight excluding hydrogens is 250 g/mol. The lowest BCUT2D eigenvalue weighted by Crippen LogP contribution is -2.48. The van der Waals surface area contributed by atoms with Gasteiger partial charge in [0, 0.05) is 38.4 Å². The van der Waals surface area contributed by atoms with Gasteiger partial charge >= 0.3 is 0 Å². The summed E-state index contributed by atoms with van der Waals surface area (Å²) in [7, 11) is 0. The molecule has 0 bridgehead atoms. The van der Waals surface area contributed by atoms with Gasteiger partial charge in [-0.25, -0.2) is 0 Å². The van der Waals surface area contributed by atoms with Crippen LogP contribution in [0.4, 0.5) is 5.69 Å². The van der Waals surface area contributed by atoms with Gasteiger partial charge in [-0.05, 0) is 32.5 Å². The minimum absolute atomic E-state index is 0.153. The van der Waals surface area contributed by atoms with Crippen LogP contribution in [0.3, 0.4) is 0 Å². The van der Waals surface area contributed by atoms with E-state index in [9.17, 15) is 4.79 Å². The fraction of sp³-hybridized carbons (Fsp3) is 0.562. The Balaban J connectivity index is 2.14. The Morgan fingerprint density at radius 3 is 2.50 bits per heavy atom. The van der Waals surface area contributed by atoms with Crippen LogP contribution in [-0.2, 0) is 0 Å². The number of carbonyl (C=O) groups is 1. The first-order chi connectivity index (χ1) is 9.65. The molecule has 1 fully saturated rings. The van der Waals surface area contributed by atoms with Crippen LogP contribution in [0.5, 0.6) is 0 Å². The molecule has 1 amide bonds. The van der Waals surface area contributed by atoms with Crippen molar-refractivity contribution in [1.82, 2.24) is 9.80 Å². The Morgan fingerprint density at radius 2 is 1.90 bits per heavy atom. The van der Waals surface area contributed by atoms with Crippen LogP contribution in [0.15, 0.2) is 18.2 Å². The van der Waals surface area contributed by atoms with Gasteiger partial charge in [0.15, 0.2) is 0 Å². The molecule has 1 aromatic rings. The normalized spacial score (nSPS) is 16.2. The lowest BCUT2D eigenvalue weighted by atomic mass is 10.1. The van der Waals surface area contributed by atoms with Crippen LogP contribution >= 0.6 is 0 Å². The largest absolute Gasteiger partial charge is 0.385 e. The molecule has 0 aliphatic carbocycles. The van der Waals surface area contributed by atoms with Gasteiger partial charge in [-0.15, -0.1) is 0 Å². The number of rotatable bonds is 4. The van der Waals surface area contributed by atoms with Crippen molar-refractivity contribution >= 4 is 11.6 Å². The molecule has 1 aromatic carbocycles. The van der Waals surface area contributed by atoms with E-state index in [0.29, 0.717) is 0 Å². The zero-order chi connectivity index (χ0) is 14.5. The molecule has 1 aliphatic rings. The Kier molecular flexibility index (Phi) is 5.01. The van der Waals surface area contributed by atoms with E-state index in [4.69, 9.17) is 0 Å². The number of benzene rings is 1. The van der Waals surface area contributed by atoms with Crippen LogP contribution < -0.4 is 5.32 Å². The number of hydrogen-bond donors (Lipinski definition) is 1. The van der Waals surface area contributed by atoms with E-state index in [1.807, 2.05) is 36.9 Å². The second-order valence-electron chi connectivity index (χ2n) is 5.31. The number of carbonyl (C=O) groups excluding carboxylic acids is 1. The third-order valence-corrected chi connectivity index (χ3v) is 3.88. The van der Waals surface area contributed by atoms with E-state index < -0.39 is 0 Å². The first kappa shape index (κ1) is 14.9. The Labute approximate surface area is 121 Å². The van der Waals surface area contributed by atoms with Crippen molar-refractivity contribution in [3.8, 4) is 0 Å². The minimum atomic E-state index is 0.153. The summed E-state index contributed by atoms with van der Waals surface area (Å²) in [6.07, 6.45) is 0. The Bertz CT molecular complexity index is 465. The smallest absolute Gasteiger partial charge is 0.256 e. The summed E-state index contributed by atoms with van der Waals surface area (Å²) < 4.78 is 0. The van der Waals surface area contributed by atoms with E-state index in [0.717, 1.165) is 56.1 Å². The molecule has 110 valence electrons. The highest BCUT2D eigenvalue weighted by Gasteiger charge is 2.23. The number of nitrogens with one attached hydrogen (secondary N) is 1. The van der Waals surface area contributed by atoms with Gasteiger partial charge < -0.3 is 15.1 Å². The van der Waals surface area contributed by atoms with Crippen molar-refractivity contribution in [1.29, 1.82) is 0 Å². The van der Waals surface area contributed by atoms with Crippen LogP contribution in [0.1, 0.15) is 29.8 Å². The fourth-order valence-electron chi connectivity index (χ4n) is 2.62. The Hall–Kier alpha value is -1.55. The summed E-state index contributed by atoms with van der Waals surface area (Å²) in [5.41, 5.74) is 2.88. The molecule has 0 unspecified atom stereocenters. The SMILES string of the molecule is CCNc1ccc(C)cc1C(=O)N1CCN(CC)CC1. The predicted molar refractivity (Wildman–Crippen MR) is 83.4 cm³/mol. The highest BCUT2D eigenvalue weighted by Crippen LogP contribution is 2.20. The number of likely N-dealkylation sites (N-methyl/N-ethyl adjacent to an activating group) is 1. The molecule has 1 saturated heterocycles. The summed E-state index contributed by atoms with van der Waals surface area (Å²) in [6, 6.07) is 6.05. The maximum absolute atomic E-state index is 12.7. The first-order valence-corrected chi connectivity index (χ1v) is 7.51. The van der Waals surface area contributed by atoms with E-state index in [1.165, 1.54) is 0 Å². The third-order valence-electron chi connectivity index (χ3n) is 3.88. The van der Waals surface area contributed by atoms with Gasteiger partial charge in [0.25, 0.3) is 5.91 Å². The lowest BCUT2D eigenvalue weighted by molar-refractivity contribution is 0.0644. The summed E-state index contributed by atoms with van der Waals surface area (Å²) in [5, 5.41) is 3.29. The van der Waals surface area contributed by atoms with E-state index in [-0.39, 0.29) is 5.91 Å². The van der Waals surface area contributed by atoms with E-state index >= 15 is 0 Å². The number of nitrogens with zero attached hydrogens (tertiary/aromatic N) is 2. The zero-order valence-corrected chi connectivity index (χ0v) is 12.8. The standard InChI is InChI=1S/C16H25N3O/c1-4-17-15-7-6-13(3)12-14(15)16(20)19-10-8-18(5-2)9-11-19/h6-7,12,17H,4-5,8-11H2,1-3H3. The third kappa shape index (κ3) is 3.31. The molecule has 1 heterocycles. The molecule has 0 spiro atoms. The van der Waals surface area contributed by atoms with E-state index in [2.05, 4.69) is 17.1 Å². The van der Waals surface area contributed by atoms with Gasteiger partial charge in [-0.1, -0.05) is 18.6 Å². The number of anilines is 1. The lowest BCUT2D eigenvalue weighted by Gasteiger charge is -2.34. The maximum Gasteiger partial charge on any atom is 0.256 e. The summed E-state index contributed by atoms with van der Waals surface area (Å²) >= 11 is 0. The van der Waals surface area contributed by atoms with Crippen LogP contribution in [0.2, 0.25) is 0 Å².